The third kappa shape index (κ3) is 8.81. The van der Waals surface area contributed by atoms with Gasteiger partial charge in [-0.15, -0.1) is 0 Å². The average Bonchev–Trinajstić information content (AvgIpc) is 2.94. The Kier molecular flexibility index (Phi) is 11.1. The van der Waals surface area contributed by atoms with Crippen molar-refractivity contribution in [3.05, 3.63) is 95.8 Å². The number of rotatable bonds is 14. The summed E-state index contributed by atoms with van der Waals surface area (Å²) in [7, 11) is -2.37. The Bertz CT molecular complexity index is 1350. The number of sulfonamides is 1. The van der Waals surface area contributed by atoms with Crippen molar-refractivity contribution >= 4 is 27.5 Å². The Balaban J connectivity index is 2.01. The molecular formula is C30H36FN3O5S. The summed E-state index contributed by atoms with van der Waals surface area (Å²) in [6, 6.07) is 20.3. The molecule has 3 aromatic rings. The smallest absolute Gasteiger partial charge is 0.244 e. The first kappa shape index (κ1) is 30.6. The molecule has 0 fully saturated rings. The first-order valence-corrected chi connectivity index (χ1v) is 14.9. The normalized spacial score (nSPS) is 11.9. The number of nitrogens with one attached hydrogen (secondary N) is 1. The van der Waals surface area contributed by atoms with E-state index in [0.717, 1.165) is 29.0 Å². The fourth-order valence-electron chi connectivity index (χ4n) is 4.21. The van der Waals surface area contributed by atoms with E-state index in [2.05, 4.69) is 5.32 Å². The molecule has 0 aliphatic carbocycles. The first-order valence-electron chi connectivity index (χ1n) is 13.1. The van der Waals surface area contributed by atoms with Crippen LogP contribution in [0.3, 0.4) is 0 Å². The van der Waals surface area contributed by atoms with E-state index >= 15 is 0 Å². The van der Waals surface area contributed by atoms with Crippen LogP contribution in [0.4, 0.5) is 10.1 Å². The Morgan fingerprint density at radius 3 is 2.17 bits per heavy atom. The van der Waals surface area contributed by atoms with Gasteiger partial charge in [-0.1, -0.05) is 55.8 Å². The van der Waals surface area contributed by atoms with Gasteiger partial charge >= 0.3 is 0 Å². The van der Waals surface area contributed by atoms with Crippen molar-refractivity contribution < 1.29 is 27.1 Å². The molecule has 8 nitrogen and oxygen atoms in total. The minimum absolute atomic E-state index is 0.0158. The van der Waals surface area contributed by atoms with E-state index in [4.69, 9.17) is 4.74 Å². The number of amides is 2. The summed E-state index contributed by atoms with van der Waals surface area (Å²) in [5, 5.41) is 2.92. The number of methoxy groups -OCH3 is 1. The number of benzene rings is 3. The fourth-order valence-corrected chi connectivity index (χ4v) is 5.06. The van der Waals surface area contributed by atoms with E-state index in [1.807, 2.05) is 37.3 Å². The summed E-state index contributed by atoms with van der Waals surface area (Å²) in [4.78, 5) is 28.9. The number of ether oxygens (including phenoxy) is 1. The molecule has 1 atom stereocenters. The summed E-state index contributed by atoms with van der Waals surface area (Å²) in [5.41, 5.74) is 1.72. The van der Waals surface area contributed by atoms with Gasteiger partial charge in [-0.25, -0.2) is 12.8 Å². The number of hydrogen-bond acceptors (Lipinski definition) is 5. The van der Waals surface area contributed by atoms with Gasteiger partial charge < -0.3 is 15.0 Å². The minimum atomic E-state index is -3.87. The molecule has 40 heavy (non-hydrogen) atoms. The van der Waals surface area contributed by atoms with Crippen LogP contribution >= 0.6 is 0 Å². The summed E-state index contributed by atoms with van der Waals surface area (Å²) in [6.45, 7) is 1.91. The van der Waals surface area contributed by atoms with Crippen molar-refractivity contribution in [1.82, 2.24) is 10.2 Å². The lowest BCUT2D eigenvalue weighted by atomic mass is 10.0. The van der Waals surface area contributed by atoms with E-state index in [9.17, 15) is 22.4 Å². The van der Waals surface area contributed by atoms with Crippen LogP contribution in [0.1, 0.15) is 30.9 Å². The molecular weight excluding hydrogens is 533 g/mol. The van der Waals surface area contributed by atoms with Gasteiger partial charge in [-0.2, -0.15) is 0 Å². The van der Waals surface area contributed by atoms with Crippen molar-refractivity contribution in [2.45, 2.75) is 38.8 Å². The van der Waals surface area contributed by atoms with Crippen LogP contribution in [0.5, 0.6) is 5.75 Å². The topological polar surface area (TPSA) is 96.0 Å². The van der Waals surface area contributed by atoms with Gasteiger partial charge in [0.25, 0.3) is 0 Å². The van der Waals surface area contributed by atoms with Crippen LogP contribution in [0.25, 0.3) is 0 Å². The third-order valence-corrected chi connectivity index (χ3v) is 7.55. The zero-order valence-electron chi connectivity index (χ0n) is 23.0. The Morgan fingerprint density at radius 2 is 1.60 bits per heavy atom. The summed E-state index contributed by atoms with van der Waals surface area (Å²) in [5.74, 6) is -0.809. The fraction of sp³-hybridized carbons (Fsp3) is 0.333. The minimum Gasteiger partial charge on any atom is -0.497 e. The van der Waals surface area contributed by atoms with Crippen molar-refractivity contribution in [2.75, 3.05) is 30.8 Å². The van der Waals surface area contributed by atoms with E-state index < -0.39 is 34.3 Å². The van der Waals surface area contributed by atoms with Gasteiger partial charge in [-0.3, -0.25) is 13.9 Å². The van der Waals surface area contributed by atoms with E-state index in [0.29, 0.717) is 17.9 Å². The van der Waals surface area contributed by atoms with Gasteiger partial charge in [-0.05, 0) is 53.9 Å². The maximum Gasteiger partial charge on any atom is 0.244 e. The SMILES string of the molecule is CCCCNC(=O)[C@@H](Cc1ccccc1)N(Cc1ccc(F)cc1)C(=O)CN(c1ccc(OC)cc1)S(C)(=O)=O. The lowest BCUT2D eigenvalue weighted by Gasteiger charge is -2.33. The number of unbranched alkanes of at least 4 members (excludes halogenated alkanes) is 1. The van der Waals surface area contributed by atoms with E-state index in [1.54, 1.807) is 36.4 Å². The maximum absolute atomic E-state index is 14.0. The number of carbonyl (C=O) groups is 2. The molecule has 0 bridgehead atoms. The Labute approximate surface area is 235 Å². The molecule has 0 unspecified atom stereocenters. The van der Waals surface area contributed by atoms with Crippen LogP contribution in [-0.2, 0) is 32.6 Å². The lowest BCUT2D eigenvalue weighted by molar-refractivity contribution is -0.140. The summed E-state index contributed by atoms with van der Waals surface area (Å²) in [6.07, 6.45) is 2.89. The van der Waals surface area contributed by atoms with Crippen molar-refractivity contribution in [3.8, 4) is 5.75 Å². The number of carbonyl (C=O) groups excluding carboxylic acids is 2. The van der Waals surface area contributed by atoms with Crippen LogP contribution < -0.4 is 14.4 Å². The molecule has 3 aromatic carbocycles. The monoisotopic (exact) mass is 569 g/mol. The highest BCUT2D eigenvalue weighted by atomic mass is 32.2. The van der Waals surface area contributed by atoms with Gasteiger partial charge in [0, 0.05) is 19.5 Å². The molecule has 0 spiro atoms. The highest BCUT2D eigenvalue weighted by molar-refractivity contribution is 7.92. The molecule has 0 saturated heterocycles. The molecule has 0 aliphatic rings. The first-order chi connectivity index (χ1) is 19.1. The van der Waals surface area contributed by atoms with E-state index in [-0.39, 0.29) is 24.6 Å². The van der Waals surface area contributed by atoms with Gasteiger partial charge in [0.2, 0.25) is 21.8 Å². The molecule has 10 heteroatoms. The van der Waals surface area contributed by atoms with Gasteiger partial charge in [0.15, 0.2) is 0 Å². The number of halogens is 1. The quantitative estimate of drug-likeness (QED) is 0.294. The maximum atomic E-state index is 14.0. The molecule has 0 aliphatic heterocycles. The Hall–Kier alpha value is -3.92. The molecule has 1 N–H and O–H groups in total. The zero-order chi connectivity index (χ0) is 29.1. The zero-order valence-corrected chi connectivity index (χ0v) is 23.9. The lowest BCUT2D eigenvalue weighted by Crippen LogP contribution is -2.53. The second kappa shape index (κ2) is 14.5. The van der Waals surface area contributed by atoms with Crippen molar-refractivity contribution in [3.63, 3.8) is 0 Å². The predicted octanol–water partition coefficient (Wildman–Crippen LogP) is 4.16. The van der Waals surface area contributed by atoms with Crippen LogP contribution in [0.2, 0.25) is 0 Å². The van der Waals surface area contributed by atoms with Crippen molar-refractivity contribution in [2.24, 2.45) is 0 Å². The highest BCUT2D eigenvalue weighted by Crippen LogP contribution is 2.23. The van der Waals surface area contributed by atoms with Crippen LogP contribution in [0, 0.1) is 5.82 Å². The largest absolute Gasteiger partial charge is 0.497 e. The number of hydrogen-bond donors (Lipinski definition) is 1. The molecule has 0 saturated carbocycles. The molecule has 0 radical (unpaired) electrons. The molecule has 3 rings (SSSR count). The summed E-state index contributed by atoms with van der Waals surface area (Å²) < 4.78 is 45.4. The molecule has 2 amide bonds. The predicted molar refractivity (Wildman–Crippen MR) is 154 cm³/mol. The van der Waals surface area contributed by atoms with Crippen LogP contribution in [-0.4, -0.2) is 57.6 Å². The number of nitrogens with zero attached hydrogens (tertiary/aromatic N) is 2. The second-order valence-corrected chi connectivity index (χ2v) is 11.4. The van der Waals surface area contributed by atoms with Gasteiger partial charge in [0.05, 0.1) is 19.1 Å². The van der Waals surface area contributed by atoms with Crippen molar-refractivity contribution in [1.29, 1.82) is 0 Å². The van der Waals surface area contributed by atoms with E-state index in [1.165, 1.54) is 24.1 Å². The average molecular weight is 570 g/mol. The molecule has 214 valence electrons. The Morgan fingerprint density at radius 1 is 0.950 bits per heavy atom. The highest BCUT2D eigenvalue weighted by Gasteiger charge is 2.33. The standard InChI is InChI=1S/C30H36FN3O5S/c1-4-5-19-32-30(36)28(20-23-9-7-6-8-10-23)33(21-24-11-13-25(31)14-12-24)29(35)22-34(40(3,37)38)26-15-17-27(39-2)18-16-26/h6-18,28H,4-5,19-22H2,1-3H3,(H,32,36)/t28-/m1/s1. The third-order valence-electron chi connectivity index (χ3n) is 6.41. The van der Waals surface area contributed by atoms with Crippen LogP contribution in [0.15, 0.2) is 78.9 Å². The van der Waals surface area contributed by atoms with Gasteiger partial charge in [0.1, 0.15) is 24.2 Å². The number of anilines is 1. The second-order valence-electron chi connectivity index (χ2n) is 9.47. The summed E-state index contributed by atoms with van der Waals surface area (Å²) >= 11 is 0. The molecule has 0 heterocycles. The molecule has 0 aromatic heterocycles.